The molecule has 168 valence electrons. The van der Waals surface area contributed by atoms with Crippen LogP contribution >= 0.6 is 0 Å². The number of halogens is 3. The molecule has 13 heteroatoms. The lowest BCUT2D eigenvalue weighted by Gasteiger charge is -2.31. The Bertz CT molecular complexity index is 1030. The highest BCUT2D eigenvalue weighted by atomic mass is 32.2. The van der Waals surface area contributed by atoms with Crippen LogP contribution in [0.2, 0.25) is 0 Å². The first kappa shape index (κ1) is 22.7. The fourth-order valence-electron chi connectivity index (χ4n) is 2.95. The predicted octanol–water partition coefficient (Wildman–Crippen LogP) is 2.91. The maximum absolute atomic E-state index is 12.9. The third kappa shape index (κ3) is 5.61. The Hall–Kier alpha value is -2.93. The number of aromatic nitrogens is 2. The van der Waals surface area contributed by atoms with E-state index < -0.39 is 40.1 Å². The van der Waals surface area contributed by atoms with Crippen molar-refractivity contribution in [3.63, 3.8) is 0 Å². The van der Waals surface area contributed by atoms with Crippen molar-refractivity contribution >= 4 is 21.8 Å². The van der Waals surface area contributed by atoms with Crippen LogP contribution in [0.15, 0.2) is 41.4 Å². The fourth-order valence-corrected chi connectivity index (χ4v) is 4.46. The molecular weight excluding hydrogens is 441 g/mol. The Morgan fingerprint density at radius 2 is 1.94 bits per heavy atom. The first-order chi connectivity index (χ1) is 14.6. The van der Waals surface area contributed by atoms with E-state index in [9.17, 15) is 26.4 Å². The second kappa shape index (κ2) is 9.06. The van der Waals surface area contributed by atoms with Crippen LogP contribution in [0.1, 0.15) is 18.5 Å². The van der Waals surface area contributed by atoms with Crippen molar-refractivity contribution in [3.8, 4) is 6.01 Å². The number of hydrogen-bond donors (Lipinski definition) is 1. The molecule has 1 aliphatic rings. The first-order valence-corrected chi connectivity index (χ1v) is 10.6. The smallest absolute Gasteiger partial charge is 0.433 e. The molecular formula is C18H19F3N4O5S. The Kier molecular flexibility index (Phi) is 6.65. The molecule has 1 atom stereocenters. The lowest BCUT2D eigenvalue weighted by Crippen LogP contribution is -2.44. The largest absolute Gasteiger partial charge is 0.459 e. The molecule has 1 saturated heterocycles. The van der Waals surface area contributed by atoms with Crippen molar-refractivity contribution in [3.05, 3.63) is 42.2 Å². The number of nitrogens with zero attached hydrogens (tertiary/aromatic N) is 3. The number of carbonyl (C=O) groups excluding carboxylic acids is 1. The number of amides is 1. The van der Waals surface area contributed by atoms with Gasteiger partial charge < -0.3 is 9.47 Å². The molecule has 0 aliphatic carbocycles. The number of nitrogens with one attached hydrogen (secondary N) is 1. The van der Waals surface area contributed by atoms with Crippen LogP contribution in [-0.4, -0.2) is 55.1 Å². The highest BCUT2D eigenvalue weighted by Crippen LogP contribution is 2.29. The highest BCUT2D eigenvalue weighted by Gasteiger charge is 2.34. The average molecular weight is 460 g/mol. The number of carbonyl (C=O) groups is 1. The van der Waals surface area contributed by atoms with Crippen molar-refractivity contribution in [2.45, 2.75) is 30.0 Å². The molecule has 0 bridgehead atoms. The number of methoxy groups -OCH3 is 1. The third-order valence-corrected chi connectivity index (χ3v) is 6.34. The summed E-state index contributed by atoms with van der Waals surface area (Å²) in [5.41, 5.74) is -0.786. The van der Waals surface area contributed by atoms with Gasteiger partial charge in [-0.25, -0.2) is 18.2 Å². The van der Waals surface area contributed by atoms with Gasteiger partial charge in [-0.15, -0.1) is 0 Å². The van der Waals surface area contributed by atoms with E-state index >= 15 is 0 Å². The van der Waals surface area contributed by atoms with Crippen molar-refractivity contribution in [2.24, 2.45) is 0 Å². The summed E-state index contributed by atoms with van der Waals surface area (Å²) in [6, 6.07) is 5.76. The molecule has 1 N–H and O–H groups in total. The third-order valence-electron chi connectivity index (χ3n) is 4.46. The fraction of sp³-hybridized carbons (Fsp3) is 0.389. The van der Waals surface area contributed by atoms with Gasteiger partial charge in [0.2, 0.25) is 10.0 Å². The highest BCUT2D eigenvalue weighted by molar-refractivity contribution is 7.89. The van der Waals surface area contributed by atoms with E-state index in [4.69, 9.17) is 4.74 Å². The summed E-state index contributed by atoms with van der Waals surface area (Å²) in [7, 11) is -2.68. The van der Waals surface area contributed by atoms with Crippen molar-refractivity contribution in [2.75, 3.05) is 25.5 Å². The Morgan fingerprint density at radius 3 is 2.58 bits per heavy atom. The van der Waals surface area contributed by atoms with Gasteiger partial charge in [-0.2, -0.15) is 22.5 Å². The van der Waals surface area contributed by atoms with Crippen molar-refractivity contribution in [1.29, 1.82) is 0 Å². The van der Waals surface area contributed by atoms with E-state index in [-0.39, 0.29) is 18.0 Å². The van der Waals surface area contributed by atoms with Crippen molar-refractivity contribution < 1.29 is 35.9 Å². The Labute approximate surface area is 176 Å². The summed E-state index contributed by atoms with van der Waals surface area (Å²) in [5, 5.41) is 2.42. The zero-order valence-electron chi connectivity index (χ0n) is 16.3. The molecule has 0 spiro atoms. The van der Waals surface area contributed by atoms with Crippen LogP contribution in [0.25, 0.3) is 0 Å². The van der Waals surface area contributed by atoms with Gasteiger partial charge in [-0.1, -0.05) is 0 Å². The maximum atomic E-state index is 12.9. The van der Waals surface area contributed by atoms with E-state index in [0.717, 1.165) is 12.3 Å². The lowest BCUT2D eigenvalue weighted by molar-refractivity contribution is -0.141. The number of sulfonamides is 1. The standard InChI is InChI=1S/C18H19F3N4O5S/c1-29-17(26)23-12-4-6-14(7-5-12)31(27,28)25-10-2-3-13(11-25)30-16-22-9-8-15(24-16)18(19,20)21/h4-9,13H,2-3,10-11H2,1H3,(H,23,26). The molecule has 1 unspecified atom stereocenters. The Morgan fingerprint density at radius 1 is 1.23 bits per heavy atom. The quantitative estimate of drug-likeness (QED) is 0.730. The number of benzene rings is 1. The molecule has 3 rings (SSSR count). The summed E-state index contributed by atoms with van der Waals surface area (Å²) in [5.74, 6) is 0. The monoisotopic (exact) mass is 460 g/mol. The number of piperidine rings is 1. The molecule has 1 aliphatic heterocycles. The number of anilines is 1. The molecule has 31 heavy (non-hydrogen) atoms. The second-order valence-corrected chi connectivity index (χ2v) is 8.55. The molecule has 1 aromatic carbocycles. The molecule has 1 fully saturated rings. The molecule has 2 aromatic rings. The Balaban J connectivity index is 1.70. The topological polar surface area (TPSA) is 111 Å². The minimum absolute atomic E-state index is 0.00103. The van der Waals surface area contributed by atoms with Crippen LogP contribution in [0.4, 0.5) is 23.7 Å². The van der Waals surface area contributed by atoms with E-state index in [1.165, 1.54) is 35.7 Å². The minimum atomic E-state index is -4.64. The predicted molar refractivity (Wildman–Crippen MR) is 102 cm³/mol. The summed E-state index contributed by atoms with van der Waals surface area (Å²) < 4.78 is 75.4. The van der Waals surface area contributed by atoms with Crippen LogP contribution in [0.5, 0.6) is 6.01 Å². The van der Waals surface area contributed by atoms with Gasteiger partial charge in [0.1, 0.15) is 6.10 Å². The normalized spacial score (nSPS) is 17.7. The number of alkyl halides is 3. The van der Waals surface area contributed by atoms with Crippen LogP contribution < -0.4 is 10.1 Å². The zero-order chi connectivity index (χ0) is 22.6. The molecule has 1 amide bonds. The molecule has 0 saturated carbocycles. The molecule has 9 nitrogen and oxygen atoms in total. The number of ether oxygens (including phenoxy) is 2. The van der Waals surface area contributed by atoms with Gasteiger partial charge in [0.05, 0.1) is 18.6 Å². The van der Waals surface area contributed by atoms with E-state index in [1.807, 2.05) is 0 Å². The van der Waals surface area contributed by atoms with Gasteiger partial charge in [-0.05, 0) is 43.2 Å². The van der Waals surface area contributed by atoms with Gasteiger partial charge in [0.25, 0.3) is 0 Å². The van der Waals surface area contributed by atoms with Gasteiger partial charge >= 0.3 is 18.3 Å². The van der Waals surface area contributed by atoms with Crippen LogP contribution in [0, 0.1) is 0 Å². The van der Waals surface area contributed by atoms with Crippen molar-refractivity contribution in [1.82, 2.24) is 14.3 Å². The summed E-state index contributed by atoms with van der Waals surface area (Å²) in [4.78, 5) is 18.3. The molecule has 0 radical (unpaired) electrons. The minimum Gasteiger partial charge on any atom is -0.459 e. The first-order valence-electron chi connectivity index (χ1n) is 9.11. The summed E-state index contributed by atoms with van der Waals surface area (Å²) in [6.45, 7) is 0.165. The van der Waals surface area contributed by atoms with E-state index in [0.29, 0.717) is 18.5 Å². The summed E-state index contributed by atoms with van der Waals surface area (Å²) >= 11 is 0. The molecule has 1 aromatic heterocycles. The second-order valence-electron chi connectivity index (χ2n) is 6.61. The van der Waals surface area contributed by atoms with E-state index in [1.54, 1.807) is 0 Å². The van der Waals surface area contributed by atoms with Gasteiger partial charge in [-0.3, -0.25) is 5.32 Å². The number of rotatable bonds is 5. The average Bonchev–Trinajstić information content (AvgIpc) is 2.74. The lowest BCUT2D eigenvalue weighted by atomic mass is 10.1. The zero-order valence-corrected chi connectivity index (χ0v) is 17.1. The van der Waals surface area contributed by atoms with Crippen LogP contribution in [0.3, 0.4) is 0 Å². The van der Waals surface area contributed by atoms with E-state index in [2.05, 4.69) is 20.0 Å². The number of hydrogen-bond acceptors (Lipinski definition) is 7. The van der Waals surface area contributed by atoms with Gasteiger partial charge in [0.15, 0.2) is 5.69 Å². The maximum Gasteiger partial charge on any atom is 0.433 e. The van der Waals surface area contributed by atoms with Gasteiger partial charge in [0, 0.05) is 18.4 Å². The SMILES string of the molecule is COC(=O)Nc1ccc(S(=O)(=O)N2CCCC(Oc3nccc(C(F)(F)F)n3)C2)cc1. The molecule has 2 heterocycles. The van der Waals surface area contributed by atoms with Crippen LogP contribution in [-0.2, 0) is 20.9 Å². The summed E-state index contributed by atoms with van der Waals surface area (Å²) in [6.07, 6.45) is -4.21.